The largest absolute Gasteiger partial charge is 0.476 e. The number of nitrogens with two attached hydrogens (primary N) is 2. The van der Waals surface area contributed by atoms with Gasteiger partial charge in [0.15, 0.2) is 5.13 Å². The zero-order chi connectivity index (χ0) is 54.4. The molecular weight excluding hydrogens is 984 g/mol. The lowest BCUT2D eigenvalue weighted by Gasteiger charge is -2.24. The highest BCUT2D eigenvalue weighted by Gasteiger charge is 2.22. The number of ether oxygens (including phenoxy) is 6. The molecule has 5 aromatic heterocycles. The highest BCUT2D eigenvalue weighted by atomic mass is 35.5. The van der Waals surface area contributed by atoms with E-state index in [1.54, 1.807) is 60.1 Å². The second-order valence-electron chi connectivity index (χ2n) is 17.9. The highest BCUT2D eigenvalue weighted by Crippen LogP contribution is 2.24. The molecule has 5 heterocycles. The fourth-order valence-corrected chi connectivity index (χ4v) is 5.38. The van der Waals surface area contributed by atoms with Crippen molar-refractivity contribution in [3.8, 4) is 17.6 Å². The smallest absolute Gasteiger partial charge is 0.410 e. The van der Waals surface area contributed by atoms with Crippen LogP contribution in [0.25, 0.3) is 10.3 Å². The minimum absolute atomic E-state index is 0.0515. The second kappa shape index (κ2) is 28.3. The summed E-state index contributed by atoms with van der Waals surface area (Å²) in [5, 5.41) is 21.2. The first-order valence-corrected chi connectivity index (χ1v) is 22.9. The summed E-state index contributed by atoms with van der Waals surface area (Å²) >= 11 is 6.69. The molecule has 72 heavy (non-hydrogen) atoms. The predicted octanol–water partition coefficient (Wildman–Crippen LogP) is 8.31. The van der Waals surface area contributed by atoms with E-state index >= 15 is 0 Å². The van der Waals surface area contributed by atoms with Crippen LogP contribution in [0.15, 0.2) is 67.1 Å². The molecule has 4 N–H and O–H groups in total. The van der Waals surface area contributed by atoms with Crippen LogP contribution in [0.1, 0.15) is 62.3 Å². The average molecular weight is 1050 g/mol. The van der Waals surface area contributed by atoms with Crippen LogP contribution < -0.4 is 25.7 Å². The number of carbonyl (C=O) groups excluding carboxylic acids is 3. The third-order valence-corrected chi connectivity index (χ3v) is 9.02. The summed E-state index contributed by atoms with van der Waals surface area (Å²) in [7, 11) is 4.92. The van der Waals surface area contributed by atoms with Crippen LogP contribution in [-0.2, 0) is 14.2 Å². The van der Waals surface area contributed by atoms with Gasteiger partial charge in [0.05, 0.1) is 41.4 Å². The number of hydrogen-bond acceptors (Lipinski definition) is 21. The average Bonchev–Trinajstić information content (AvgIpc) is 3.65. The molecule has 5 aromatic rings. The minimum Gasteiger partial charge on any atom is -0.476 e. The Kier molecular flexibility index (Phi) is 23.8. The Balaban J connectivity index is 0.000000339. The maximum atomic E-state index is 11.8. The first-order chi connectivity index (χ1) is 33.4. The third kappa shape index (κ3) is 25.3. The van der Waals surface area contributed by atoms with Gasteiger partial charge in [0.25, 0.3) is 11.4 Å². The lowest BCUT2D eigenvalue weighted by Crippen LogP contribution is -2.36. The van der Waals surface area contributed by atoms with Crippen LogP contribution in [0, 0.1) is 20.2 Å². The lowest BCUT2D eigenvalue weighted by molar-refractivity contribution is -0.385. The number of carbonyl (C=O) groups is 3. The lowest BCUT2D eigenvalue weighted by atomic mass is 10.2. The molecule has 0 bridgehead atoms. The summed E-state index contributed by atoms with van der Waals surface area (Å²) in [6.45, 7) is 18.3. The van der Waals surface area contributed by atoms with Crippen LogP contribution in [0.3, 0.4) is 0 Å². The molecule has 0 spiro atoms. The number of nitro groups is 2. The molecule has 5 rings (SSSR count). The summed E-state index contributed by atoms with van der Waals surface area (Å²) in [6, 6.07) is 12.3. The van der Waals surface area contributed by atoms with E-state index in [9.17, 15) is 34.6 Å². The molecule has 25 nitrogen and oxygen atoms in total. The molecule has 0 atom stereocenters. The van der Waals surface area contributed by atoms with E-state index in [4.69, 9.17) is 51.5 Å². The van der Waals surface area contributed by atoms with Gasteiger partial charge in [-0.1, -0.05) is 22.9 Å². The van der Waals surface area contributed by atoms with Crippen molar-refractivity contribution in [3.05, 3.63) is 92.5 Å². The molecular formula is C45H63ClN12O13S. The van der Waals surface area contributed by atoms with E-state index in [-0.39, 0.29) is 41.2 Å². The number of nitrogens with zero attached hydrogens (tertiary/aromatic N) is 10. The van der Waals surface area contributed by atoms with Crippen molar-refractivity contribution in [3.63, 3.8) is 0 Å². The Bertz CT molecular complexity index is 2500. The number of nitrogen functional groups attached to an aromatic ring is 2. The van der Waals surface area contributed by atoms with Gasteiger partial charge in [-0.25, -0.2) is 39.3 Å². The quantitative estimate of drug-likeness (QED) is 0.0457. The van der Waals surface area contributed by atoms with E-state index in [2.05, 4.69) is 24.9 Å². The van der Waals surface area contributed by atoms with Crippen molar-refractivity contribution in [2.45, 2.75) is 79.1 Å². The topological polar surface area (TPSA) is 319 Å². The number of aromatic nitrogens is 5. The number of anilines is 2. The third-order valence-electron chi connectivity index (χ3n) is 8.01. The zero-order valence-electron chi connectivity index (χ0n) is 42.3. The van der Waals surface area contributed by atoms with Crippen LogP contribution in [-0.4, -0.2) is 145 Å². The summed E-state index contributed by atoms with van der Waals surface area (Å²) in [6.07, 6.45) is 2.56. The Hall–Kier alpha value is -7.61. The normalized spacial score (nSPS) is 10.8. The molecule has 0 radical (unpaired) electrons. The van der Waals surface area contributed by atoms with Gasteiger partial charge in [-0.2, -0.15) is 0 Å². The number of thiazole rings is 1. The van der Waals surface area contributed by atoms with Crippen molar-refractivity contribution in [1.29, 1.82) is 0 Å². The molecule has 0 aliphatic heterocycles. The molecule has 0 unspecified atom stereocenters. The van der Waals surface area contributed by atoms with E-state index in [0.29, 0.717) is 55.4 Å². The molecule has 0 saturated carbocycles. The van der Waals surface area contributed by atoms with Crippen molar-refractivity contribution in [2.24, 2.45) is 0 Å². The van der Waals surface area contributed by atoms with Gasteiger partial charge in [-0.3, -0.25) is 20.2 Å². The zero-order valence-corrected chi connectivity index (χ0v) is 43.9. The Morgan fingerprint density at radius 1 is 0.583 bits per heavy atom. The van der Waals surface area contributed by atoms with Crippen molar-refractivity contribution < 1.29 is 52.7 Å². The number of amides is 3. The molecule has 27 heteroatoms. The molecule has 394 valence electrons. The number of rotatable bonds is 14. The van der Waals surface area contributed by atoms with Gasteiger partial charge in [0.2, 0.25) is 17.6 Å². The minimum atomic E-state index is -0.549. The van der Waals surface area contributed by atoms with Gasteiger partial charge in [0, 0.05) is 51.5 Å². The molecule has 3 amide bonds. The van der Waals surface area contributed by atoms with Gasteiger partial charge < -0.3 is 54.6 Å². The summed E-state index contributed by atoms with van der Waals surface area (Å²) in [4.78, 5) is 79.4. The number of likely N-dealkylation sites (N-methyl/N-ethyl adjacent to an activating group) is 3. The fraction of sp³-hybridized carbons (Fsp3) is 0.467. The predicted molar refractivity (Wildman–Crippen MR) is 270 cm³/mol. The van der Waals surface area contributed by atoms with Crippen LogP contribution >= 0.6 is 22.9 Å². The van der Waals surface area contributed by atoms with Crippen LogP contribution in [0.2, 0.25) is 5.15 Å². The molecule has 0 aliphatic rings. The number of halogens is 1. The summed E-state index contributed by atoms with van der Waals surface area (Å²) in [5.41, 5.74) is 10.8. The Labute approximate surface area is 426 Å². The maximum absolute atomic E-state index is 11.8. The first-order valence-electron chi connectivity index (χ1n) is 21.7. The van der Waals surface area contributed by atoms with Gasteiger partial charge in [-0.05, 0) is 80.5 Å². The number of pyridine rings is 4. The monoisotopic (exact) mass is 1050 g/mol. The highest BCUT2D eigenvalue weighted by molar-refractivity contribution is 7.21. The molecule has 0 fully saturated rings. The SMILES string of the molecule is CN(CCOc1ccc(N)cn1)C(=O)OC(C)(C)C.CN(CCOc1ccc([N+](=O)[O-])cn1)C(=O)OC(C)(C)C.CN(CCOc1ccc2nc(N)sc2n1)C(=O)OC(C)(C)C.O=[N+]([O-])c1ccc(Cl)nc1. The fourth-order valence-electron chi connectivity index (χ4n) is 4.57. The molecule has 0 saturated heterocycles. The van der Waals surface area contributed by atoms with Crippen molar-refractivity contribution in [1.82, 2.24) is 39.6 Å². The molecule has 0 aromatic carbocycles. The summed E-state index contributed by atoms with van der Waals surface area (Å²) < 4.78 is 31.9. The Morgan fingerprint density at radius 3 is 1.33 bits per heavy atom. The van der Waals surface area contributed by atoms with E-state index in [1.165, 1.54) is 56.5 Å². The second-order valence-corrected chi connectivity index (χ2v) is 19.3. The first kappa shape index (κ1) is 60.5. The van der Waals surface area contributed by atoms with Crippen molar-refractivity contribution in [2.75, 3.05) is 72.1 Å². The number of fused-ring (bicyclic) bond motifs is 1. The van der Waals surface area contributed by atoms with Gasteiger partial charge in [0.1, 0.15) is 64.5 Å². The van der Waals surface area contributed by atoms with Crippen molar-refractivity contribution >= 4 is 73.8 Å². The van der Waals surface area contributed by atoms with E-state index in [1.807, 2.05) is 47.6 Å². The summed E-state index contributed by atoms with van der Waals surface area (Å²) in [5.74, 6) is 1.22. The van der Waals surface area contributed by atoms with Gasteiger partial charge in [-0.15, -0.1) is 0 Å². The number of hydrogen-bond donors (Lipinski definition) is 2. The van der Waals surface area contributed by atoms with Gasteiger partial charge >= 0.3 is 18.3 Å². The maximum Gasteiger partial charge on any atom is 0.410 e. The van der Waals surface area contributed by atoms with E-state index < -0.39 is 32.7 Å². The van der Waals surface area contributed by atoms with Crippen LogP contribution in [0.5, 0.6) is 17.6 Å². The molecule has 0 aliphatic carbocycles. The Morgan fingerprint density at radius 2 is 0.972 bits per heavy atom. The standard InChI is InChI=1S/C14H20N4O3S.C13H19N3O5.C13H21N3O3.C5H3ClN2O2/c1-14(2,3)21-13(19)18(4)7-8-20-10-6-5-9-11(17-10)22-12(15)16-9;1-13(2,3)21-12(17)15(4)7-8-20-11-6-5-10(9-14-11)16(18)19;1-13(2,3)19-12(17)16(4)7-8-18-11-6-5-10(14)9-15-11;6-5-2-1-4(3-7-5)8(9)10/h5-6H,7-8H2,1-4H3,(H2,15,16);5-6,9H,7-8H2,1-4H3;5-6,9H,7-8,14H2,1-4H3;1-3H. The van der Waals surface area contributed by atoms with E-state index in [0.717, 1.165) is 22.7 Å². The van der Waals surface area contributed by atoms with Crippen LogP contribution in [0.4, 0.5) is 36.6 Å².